The number of hydrogen-bond acceptors (Lipinski definition) is 1. The van der Waals surface area contributed by atoms with Gasteiger partial charge in [0.05, 0.1) is 0 Å². The Hall–Kier alpha value is 0.325. The van der Waals surface area contributed by atoms with Gasteiger partial charge in [0.1, 0.15) is 4.34 Å². The Morgan fingerprint density at radius 1 is 1.45 bits per heavy atom. The van der Waals surface area contributed by atoms with Crippen LogP contribution in [-0.2, 0) is 0 Å². The quantitative estimate of drug-likeness (QED) is 0.683. The van der Waals surface area contributed by atoms with Crippen LogP contribution < -0.4 is 4.78 Å². The van der Waals surface area contributed by atoms with Crippen molar-refractivity contribution in [2.75, 3.05) is 0 Å². The molecule has 0 nitrogen and oxygen atoms in total. The van der Waals surface area contributed by atoms with Gasteiger partial charge >= 0.3 is 6.98 Å². The molecule has 0 aliphatic heterocycles. The van der Waals surface area contributed by atoms with Gasteiger partial charge in [-0.2, -0.15) is 11.3 Å². The monoisotopic (exact) mass is 263 g/mol. The average molecular weight is 264 g/mol. The van der Waals surface area contributed by atoms with E-state index < -0.39 is 11.8 Å². The smallest absolute Gasteiger partial charge is 0.444 e. The molecule has 1 aromatic rings. The molecule has 7 heteroatoms. The van der Waals surface area contributed by atoms with Gasteiger partial charge in [-0.15, -0.1) is 0 Å². The van der Waals surface area contributed by atoms with Crippen molar-refractivity contribution in [3.05, 3.63) is 14.9 Å². The summed E-state index contributed by atoms with van der Waals surface area (Å²) < 4.78 is 35.7. The normalized spacial score (nSPS) is 12.1. The number of thiophene rings is 1. The van der Waals surface area contributed by atoms with Crippen molar-refractivity contribution < 1.29 is 12.9 Å². The molecular weight excluding hydrogens is 263 g/mol. The first-order valence-electron chi connectivity index (χ1n) is 2.56. The van der Waals surface area contributed by atoms with E-state index in [1.54, 1.807) is 0 Å². The second-order valence-corrected chi connectivity index (χ2v) is 4.39. The summed E-state index contributed by atoms with van der Waals surface area (Å²) in [6.07, 6.45) is 0. The maximum atomic E-state index is 12.0. The van der Waals surface area contributed by atoms with E-state index in [4.69, 9.17) is 11.6 Å². The highest BCUT2D eigenvalue weighted by atomic mass is 79.9. The highest BCUT2D eigenvalue weighted by Crippen LogP contribution is 2.29. The van der Waals surface area contributed by atoms with Crippen LogP contribution in [0.3, 0.4) is 0 Å². The summed E-state index contributed by atoms with van der Waals surface area (Å²) in [5.41, 5.74) is 0. The van der Waals surface area contributed by atoms with Crippen molar-refractivity contribution in [1.29, 1.82) is 0 Å². The zero-order chi connectivity index (χ0) is 8.65. The molecule has 0 aliphatic rings. The van der Waals surface area contributed by atoms with Gasteiger partial charge in [0.25, 0.3) is 0 Å². The molecule has 0 N–H and O–H groups in total. The number of rotatable bonds is 1. The molecule has 0 atom stereocenters. The highest BCUT2D eigenvalue weighted by molar-refractivity contribution is 9.10. The molecule has 0 radical (unpaired) electrons. The summed E-state index contributed by atoms with van der Waals surface area (Å²) >= 11 is 8.86. The lowest BCUT2D eigenvalue weighted by molar-refractivity contribution is 0.503. The van der Waals surface area contributed by atoms with Crippen LogP contribution in [0.4, 0.5) is 12.9 Å². The fourth-order valence-corrected chi connectivity index (χ4v) is 2.16. The fraction of sp³-hybridized carbons (Fsp3) is 0. The lowest BCUT2D eigenvalue weighted by Crippen LogP contribution is -2.30. The second kappa shape index (κ2) is 2.99. The average Bonchev–Trinajstić information content (AvgIpc) is 2.11. The summed E-state index contributed by atoms with van der Waals surface area (Å²) in [5, 5.41) is 0. The van der Waals surface area contributed by atoms with Gasteiger partial charge in [-0.05, 0) is 15.9 Å². The van der Waals surface area contributed by atoms with Crippen LogP contribution in [0.5, 0.6) is 0 Å². The van der Waals surface area contributed by atoms with Crippen LogP contribution >= 0.6 is 38.9 Å². The van der Waals surface area contributed by atoms with E-state index in [2.05, 4.69) is 15.9 Å². The van der Waals surface area contributed by atoms with Crippen LogP contribution in [0, 0.1) is 0 Å². The summed E-state index contributed by atoms with van der Waals surface area (Å²) in [4.78, 5) is 0. The van der Waals surface area contributed by atoms with Gasteiger partial charge in [0.2, 0.25) is 0 Å². The van der Waals surface area contributed by atoms with E-state index in [0.29, 0.717) is 15.8 Å². The third-order valence-electron chi connectivity index (χ3n) is 0.987. The van der Waals surface area contributed by atoms with Gasteiger partial charge in [0, 0.05) is 4.47 Å². The fourth-order valence-electron chi connectivity index (χ4n) is 0.525. The zero-order valence-corrected chi connectivity index (χ0v) is 8.11. The van der Waals surface area contributed by atoms with Crippen molar-refractivity contribution >= 4 is 50.6 Å². The van der Waals surface area contributed by atoms with Crippen molar-refractivity contribution in [2.45, 2.75) is 0 Å². The topological polar surface area (TPSA) is 0 Å². The van der Waals surface area contributed by atoms with Gasteiger partial charge in [0.15, 0.2) is 0 Å². The molecule has 0 unspecified atom stereocenters. The zero-order valence-electron chi connectivity index (χ0n) is 4.95. The van der Waals surface area contributed by atoms with E-state index in [9.17, 15) is 12.9 Å². The first-order chi connectivity index (χ1) is 4.91. The maximum absolute atomic E-state index is 12.0. The van der Waals surface area contributed by atoms with Crippen molar-refractivity contribution in [3.8, 4) is 0 Å². The van der Waals surface area contributed by atoms with E-state index in [1.165, 1.54) is 0 Å². The molecule has 0 aromatic carbocycles. The Morgan fingerprint density at radius 2 is 2.00 bits per heavy atom. The predicted octanol–water partition coefficient (Wildman–Crippen LogP) is 3.22. The van der Waals surface area contributed by atoms with Gasteiger partial charge in [-0.1, -0.05) is 22.4 Å². The molecule has 0 bridgehead atoms. The minimum atomic E-state index is -4.90. The molecule has 1 aromatic heterocycles. The second-order valence-electron chi connectivity index (χ2n) is 1.85. The molecule has 1 rings (SSSR count). The van der Waals surface area contributed by atoms with Crippen LogP contribution in [0.25, 0.3) is 0 Å². The molecule has 0 spiro atoms. The minimum Gasteiger partial charge on any atom is -0.444 e. The van der Waals surface area contributed by atoms with Gasteiger partial charge < -0.3 is 12.9 Å². The SMILES string of the molecule is F[B-](F)(F)c1cc(Br)c(Cl)s1. The summed E-state index contributed by atoms with van der Waals surface area (Å²) in [6.45, 7) is -4.90. The van der Waals surface area contributed by atoms with Crippen molar-refractivity contribution in [3.63, 3.8) is 0 Å². The molecule has 0 saturated carbocycles. The number of hydrogen-bond donors (Lipinski definition) is 0. The maximum Gasteiger partial charge on any atom is 0.519 e. The summed E-state index contributed by atoms with van der Waals surface area (Å²) in [7, 11) is 0. The van der Waals surface area contributed by atoms with Crippen LogP contribution in [0.1, 0.15) is 0 Å². The number of halogens is 5. The van der Waals surface area contributed by atoms with E-state index in [-0.39, 0.29) is 4.34 Å². The summed E-state index contributed by atoms with van der Waals surface area (Å²) in [5.74, 6) is 0. The van der Waals surface area contributed by atoms with Crippen LogP contribution in [0.2, 0.25) is 4.34 Å². The van der Waals surface area contributed by atoms with E-state index in [0.717, 1.165) is 6.07 Å². The van der Waals surface area contributed by atoms with Crippen molar-refractivity contribution in [2.24, 2.45) is 0 Å². The van der Waals surface area contributed by atoms with E-state index >= 15 is 0 Å². The van der Waals surface area contributed by atoms with Gasteiger partial charge in [-0.25, -0.2) is 0 Å². The molecule has 62 valence electrons. The Morgan fingerprint density at radius 3 is 2.18 bits per heavy atom. The Bertz CT molecular complexity index is 251. The first kappa shape index (κ1) is 9.41. The third-order valence-corrected chi connectivity index (χ3v) is 3.56. The Labute approximate surface area is 78.5 Å². The molecule has 0 amide bonds. The minimum absolute atomic E-state index is 0.138. The summed E-state index contributed by atoms with van der Waals surface area (Å²) in [6, 6.07) is 0.993. The Balaban J connectivity index is 3.08. The lowest BCUT2D eigenvalue weighted by atomic mass is 9.90. The largest absolute Gasteiger partial charge is 0.519 e. The standard InChI is InChI=1S/C4HBBrClF3S/c6-2-1-3(5(8,9)10)11-4(2)7/h1H/q-1. The Kier molecular flexibility index (Phi) is 2.56. The molecule has 1 heterocycles. The van der Waals surface area contributed by atoms with Gasteiger partial charge in [-0.3, -0.25) is 0 Å². The molecular formula is C4HBBrClF3S-. The van der Waals surface area contributed by atoms with E-state index in [1.807, 2.05) is 0 Å². The molecule has 0 aliphatic carbocycles. The van der Waals surface area contributed by atoms with Crippen LogP contribution in [-0.4, -0.2) is 6.98 Å². The molecule has 0 saturated heterocycles. The van der Waals surface area contributed by atoms with Crippen LogP contribution in [0.15, 0.2) is 10.5 Å². The van der Waals surface area contributed by atoms with Crippen molar-refractivity contribution in [1.82, 2.24) is 0 Å². The lowest BCUT2D eigenvalue weighted by Gasteiger charge is -2.09. The predicted molar refractivity (Wildman–Crippen MR) is 45.7 cm³/mol. The molecule has 0 fully saturated rings. The first-order valence-corrected chi connectivity index (χ1v) is 4.54. The highest BCUT2D eigenvalue weighted by Gasteiger charge is 2.28. The molecule has 11 heavy (non-hydrogen) atoms. The third kappa shape index (κ3) is 2.13.